The van der Waals surface area contributed by atoms with Crippen LogP contribution in [0.15, 0.2) is 195 Å². The molecule has 8 rings (SSSR count). The predicted molar refractivity (Wildman–Crippen MR) is 278 cm³/mol. The first-order chi connectivity index (χ1) is 33.2. The van der Waals surface area contributed by atoms with Gasteiger partial charge in [-0.1, -0.05) is 172 Å². The van der Waals surface area contributed by atoms with Crippen molar-refractivity contribution in [2.75, 3.05) is 22.9 Å². The fourth-order valence-electron chi connectivity index (χ4n) is 8.36. The maximum absolute atomic E-state index is 9.64. The van der Waals surface area contributed by atoms with Crippen LogP contribution in [0, 0.1) is 0 Å². The first-order valence-electron chi connectivity index (χ1n) is 23.6. The van der Waals surface area contributed by atoms with E-state index < -0.39 is 11.9 Å². The molecule has 0 saturated heterocycles. The molecule has 2 N–H and O–H groups in total. The van der Waals surface area contributed by atoms with Crippen molar-refractivity contribution < 1.29 is 19.8 Å². The quantitative estimate of drug-likeness (QED) is 0.0824. The fraction of sp³-hybridized carbons (Fsp3) is 0.241. The van der Waals surface area contributed by atoms with Crippen LogP contribution in [0.25, 0.3) is 45.0 Å². The lowest BCUT2D eigenvalue weighted by atomic mass is 10.0. The Balaban J connectivity index is 0.000000193. The number of hydrogen-bond acceptors (Lipinski definition) is 6. The van der Waals surface area contributed by atoms with E-state index in [0.717, 1.165) is 61.5 Å². The Morgan fingerprint density at radius 2 is 0.735 bits per heavy atom. The molecule has 0 bridgehead atoms. The number of hydrogen-bond donors (Lipinski definition) is 2. The minimum atomic E-state index is -1.08. The number of imidazole rings is 2. The summed E-state index contributed by atoms with van der Waals surface area (Å²) in [6.45, 7) is 12.9. The van der Waals surface area contributed by atoms with Gasteiger partial charge in [0.15, 0.2) is 0 Å². The smallest absolute Gasteiger partial charge is 0.303 e. The molecule has 2 atom stereocenters. The topological polar surface area (TPSA) is 117 Å². The standard InChI is InChI=1S/2C27H29N3.C4H6O4/c2*1-3-19-30(25-17-11-6-12-18-25)22(2)20-29-21-28-26(23-13-7-4-8-14-23)27(29)24-15-9-5-10-16-24;5-3(6)1-2-4(7)8/h2*4-18,21-22H,3,19-20H2,1-2H3;1-2H2,(H,5,6)(H,7,8). The molecule has 0 aliphatic heterocycles. The van der Waals surface area contributed by atoms with E-state index in [1.807, 2.05) is 24.8 Å². The molecular weight excluding hydrogens is 845 g/mol. The average molecular weight is 909 g/mol. The summed E-state index contributed by atoms with van der Waals surface area (Å²) in [5, 5.41) is 15.8. The van der Waals surface area contributed by atoms with Gasteiger partial charge in [-0.3, -0.25) is 9.59 Å². The molecule has 10 heteroatoms. The number of anilines is 2. The lowest BCUT2D eigenvalue weighted by Gasteiger charge is -2.32. The lowest BCUT2D eigenvalue weighted by Crippen LogP contribution is -2.37. The number of nitrogens with zero attached hydrogens (tertiary/aromatic N) is 6. The number of carboxylic acid groups (broad SMARTS) is 2. The van der Waals surface area contributed by atoms with Crippen LogP contribution in [-0.2, 0) is 22.7 Å². The zero-order valence-electron chi connectivity index (χ0n) is 39.7. The monoisotopic (exact) mass is 908 g/mol. The van der Waals surface area contributed by atoms with Crippen molar-refractivity contribution in [3.63, 3.8) is 0 Å². The number of aliphatic carboxylic acids is 2. The van der Waals surface area contributed by atoms with Gasteiger partial charge >= 0.3 is 11.9 Å². The van der Waals surface area contributed by atoms with Crippen LogP contribution >= 0.6 is 0 Å². The van der Waals surface area contributed by atoms with Gasteiger partial charge in [-0.25, -0.2) is 9.97 Å². The van der Waals surface area contributed by atoms with Gasteiger partial charge in [0.2, 0.25) is 0 Å². The number of rotatable bonds is 19. The summed E-state index contributed by atoms with van der Waals surface area (Å²) in [6.07, 6.45) is 5.63. The molecule has 0 fully saturated rings. The van der Waals surface area contributed by atoms with Crippen LogP contribution < -0.4 is 9.80 Å². The zero-order valence-corrected chi connectivity index (χ0v) is 39.7. The van der Waals surface area contributed by atoms with E-state index in [0.29, 0.717) is 12.1 Å². The molecule has 0 saturated carbocycles. The SMILES string of the molecule is CCCN(c1ccccc1)C(C)Cn1cnc(-c2ccccc2)c1-c1ccccc1.CCCN(c1ccccc1)C(C)Cn1cnc(-c2ccccc2)c1-c1ccccc1.O=C(O)CCC(=O)O. The maximum Gasteiger partial charge on any atom is 0.303 e. The second kappa shape index (κ2) is 25.8. The predicted octanol–water partition coefficient (Wildman–Crippen LogP) is 13.0. The molecule has 68 heavy (non-hydrogen) atoms. The molecular formula is C58H64N6O4. The van der Waals surface area contributed by atoms with Crippen LogP contribution in [0.3, 0.4) is 0 Å². The summed E-state index contributed by atoms with van der Waals surface area (Å²) in [7, 11) is 0. The Morgan fingerprint density at radius 1 is 0.456 bits per heavy atom. The maximum atomic E-state index is 9.64. The van der Waals surface area contributed by atoms with Gasteiger partial charge in [-0.15, -0.1) is 0 Å². The van der Waals surface area contributed by atoms with Crippen molar-refractivity contribution in [1.82, 2.24) is 19.1 Å². The van der Waals surface area contributed by atoms with E-state index in [1.54, 1.807) is 0 Å². The zero-order chi connectivity index (χ0) is 48.1. The van der Waals surface area contributed by atoms with Gasteiger partial charge in [0, 0.05) is 71.9 Å². The van der Waals surface area contributed by atoms with E-state index in [1.165, 1.54) is 33.9 Å². The Hall–Kier alpha value is -7.72. The molecule has 0 aliphatic carbocycles. The highest BCUT2D eigenvalue weighted by molar-refractivity contribution is 5.80. The van der Waals surface area contributed by atoms with Crippen molar-refractivity contribution in [1.29, 1.82) is 0 Å². The van der Waals surface area contributed by atoms with Crippen LogP contribution in [-0.4, -0.2) is 66.4 Å². The average Bonchev–Trinajstić information content (AvgIpc) is 4.00. The second-order valence-electron chi connectivity index (χ2n) is 16.7. The number of carbonyl (C=O) groups is 2. The molecule has 2 aromatic heterocycles. The summed E-state index contributed by atoms with van der Waals surface area (Å²) >= 11 is 0. The highest BCUT2D eigenvalue weighted by Crippen LogP contribution is 2.33. The number of para-hydroxylation sites is 2. The Labute approximate surface area is 401 Å². The van der Waals surface area contributed by atoms with E-state index in [4.69, 9.17) is 20.2 Å². The summed E-state index contributed by atoms with van der Waals surface area (Å²) in [5.74, 6) is -2.15. The first kappa shape index (κ1) is 49.7. The van der Waals surface area contributed by atoms with Gasteiger partial charge in [-0.2, -0.15) is 0 Å². The Bertz CT molecular complexity index is 2500. The molecule has 6 aromatic carbocycles. The third-order valence-electron chi connectivity index (χ3n) is 11.5. The number of aromatic nitrogens is 4. The lowest BCUT2D eigenvalue weighted by molar-refractivity contribution is -0.143. The van der Waals surface area contributed by atoms with Gasteiger partial charge in [0.1, 0.15) is 0 Å². The molecule has 2 heterocycles. The summed E-state index contributed by atoms with van der Waals surface area (Å²) in [6, 6.07) is 64.2. The largest absolute Gasteiger partial charge is 0.481 e. The van der Waals surface area contributed by atoms with E-state index in [2.05, 4.69) is 216 Å². The van der Waals surface area contributed by atoms with Crippen LogP contribution in [0.4, 0.5) is 11.4 Å². The molecule has 8 aromatic rings. The molecule has 0 amide bonds. The normalized spacial score (nSPS) is 11.5. The summed E-state index contributed by atoms with van der Waals surface area (Å²) in [4.78, 5) is 34.0. The fourth-order valence-corrected chi connectivity index (χ4v) is 8.36. The number of carboxylic acids is 2. The summed E-state index contributed by atoms with van der Waals surface area (Å²) in [5.41, 5.74) is 11.7. The van der Waals surface area contributed by atoms with Crippen LogP contribution in [0.2, 0.25) is 0 Å². The molecule has 0 aliphatic rings. The van der Waals surface area contributed by atoms with Crippen LogP contribution in [0.1, 0.15) is 53.4 Å². The third kappa shape index (κ3) is 13.9. The van der Waals surface area contributed by atoms with E-state index in [-0.39, 0.29) is 12.8 Å². The Morgan fingerprint density at radius 3 is 1.01 bits per heavy atom. The molecule has 2 unspecified atom stereocenters. The van der Waals surface area contributed by atoms with Crippen molar-refractivity contribution in [3.8, 4) is 45.0 Å². The number of benzene rings is 6. The highest BCUT2D eigenvalue weighted by atomic mass is 16.4. The van der Waals surface area contributed by atoms with Crippen molar-refractivity contribution in [2.45, 2.75) is 78.6 Å². The molecule has 0 radical (unpaired) electrons. The van der Waals surface area contributed by atoms with E-state index in [9.17, 15) is 9.59 Å². The first-order valence-corrected chi connectivity index (χ1v) is 23.6. The Kier molecular flexibility index (Phi) is 18.9. The van der Waals surface area contributed by atoms with E-state index >= 15 is 0 Å². The van der Waals surface area contributed by atoms with Crippen LogP contribution in [0.5, 0.6) is 0 Å². The van der Waals surface area contributed by atoms with Crippen molar-refractivity contribution >= 4 is 23.3 Å². The molecule has 350 valence electrons. The highest BCUT2D eigenvalue weighted by Gasteiger charge is 2.21. The minimum Gasteiger partial charge on any atom is -0.481 e. The van der Waals surface area contributed by atoms with Gasteiger partial charge in [0.25, 0.3) is 0 Å². The molecule has 0 spiro atoms. The van der Waals surface area contributed by atoms with Crippen molar-refractivity contribution in [2.24, 2.45) is 0 Å². The van der Waals surface area contributed by atoms with Gasteiger partial charge in [0.05, 0.1) is 48.3 Å². The van der Waals surface area contributed by atoms with Gasteiger partial charge < -0.3 is 29.1 Å². The summed E-state index contributed by atoms with van der Waals surface area (Å²) < 4.78 is 4.63. The minimum absolute atomic E-state index is 0.296. The van der Waals surface area contributed by atoms with Crippen molar-refractivity contribution in [3.05, 3.63) is 195 Å². The third-order valence-corrected chi connectivity index (χ3v) is 11.5. The van der Waals surface area contributed by atoms with Gasteiger partial charge in [-0.05, 0) is 51.0 Å². The second-order valence-corrected chi connectivity index (χ2v) is 16.7. The molecule has 10 nitrogen and oxygen atoms in total.